The zero-order chi connectivity index (χ0) is 63.8. The van der Waals surface area contributed by atoms with E-state index in [0.717, 1.165) is 46.8 Å². The van der Waals surface area contributed by atoms with Gasteiger partial charge in [0.15, 0.2) is 0 Å². The van der Waals surface area contributed by atoms with Gasteiger partial charge in [0.25, 0.3) is 0 Å². The van der Waals surface area contributed by atoms with Gasteiger partial charge in [0.05, 0.1) is 76.6 Å². The van der Waals surface area contributed by atoms with Crippen molar-refractivity contribution in [2.75, 3.05) is 39.6 Å². The Morgan fingerprint density at radius 3 is 1.19 bits per heavy atom. The van der Waals surface area contributed by atoms with Gasteiger partial charge in [-0.3, -0.25) is 38.4 Å². The Balaban J connectivity index is 0.961. The van der Waals surface area contributed by atoms with Crippen molar-refractivity contribution in [3.8, 4) is 35.1 Å². The molecule has 6 rings (SSSR count). The van der Waals surface area contributed by atoms with Gasteiger partial charge in [-0.25, -0.2) is 9.59 Å². The summed E-state index contributed by atoms with van der Waals surface area (Å²) in [5, 5.41) is 19.7. The van der Waals surface area contributed by atoms with Gasteiger partial charge in [-0.2, -0.15) is 10.5 Å². The number of nitrogens with zero attached hydrogens (tertiary/aromatic N) is 2. The first-order valence-corrected chi connectivity index (χ1v) is 30.2. The Labute approximate surface area is 517 Å². The summed E-state index contributed by atoms with van der Waals surface area (Å²) in [6, 6.07) is 19.0. The van der Waals surface area contributed by atoms with Crippen molar-refractivity contribution in [2.24, 2.45) is 23.7 Å². The normalized spacial score (nSPS) is 16.7. The predicted molar refractivity (Wildman–Crippen MR) is 313 cm³/mol. The van der Waals surface area contributed by atoms with Crippen molar-refractivity contribution in [2.45, 2.75) is 126 Å². The molecule has 0 N–H and O–H groups in total. The Kier molecular flexibility index (Phi) is 26.4. The quantitative estimate of drug-likeness (QED) is 0.0163. The molecule has 22 nitrogen and oxygen atoms in total. The van der Waals surface area contributed by atoms with E-state index < -0.39 is 88.8 Å². The van der Waals surface area contributed by atoms with Crippen molar-refractivity contribution in [1.29, 1.82) is 10.5 Å². The molecule has 2 aliphatic carbocycles. The van der Waals surface area contributed by atoms with E-state index >= 15 is 0 Å². The van der Waals surface area contributed by atoms with E-state index in [1.54, 1.807) is 54.6 Å². The number of thioether (sulfide) groups is 2. The summed E-state index contributed by atoms with van der Waals surface area (Å²) >= 11 is 2.14. The van der Waals surface area contributed by atoms with Crippen LogP contribution in [-0.4, -0.2) is 99.3 Å². The minimum atomic E-state index is -0.682. The Hall–Kier alpha value is -8.74. The molecule has 0 bridgehead atoms. The molecule has 0 aromatic heterocycles. The standard InChI is InChI=1S/C64H68N2O20S2/c1-6-50(67)79-32-34-81-54(71)26-24-52(69)77-30-28-39-8-20-46(21-9-39)83-59(73)41-12-16-43(17-13-41)61(75)85-49-36-48(64(3,4)5)56(58-57(49)87-63(88-58)45(37-65)38-66)86-62(76)44-18-14-42(15-19-44)60(74)84-47-22-10-40(11-23-47)29-31-78-53(70)25-27-55(72)82-35-33-80-51(68)7-2/h6-11,20-23,36,41-44H,1-2,12-19,24-35H2,3-5H3/t41-,42-,43-,44-. The van der Waals surface area contributed by atoms with Gasteiger partial charge in [0, 0.05) is 30.6 Å². The fourth-order valence-electron chi connectivity index (χ4n) is 9.28. The van der Waals surface area contributed by atoms with Crippen molar-refractivity contribution in [3.63, 3.8) is 0 Å². The highest BCUT2D eigenvalue weighted by atomic mass is 32.2. The lowest BCUT2D eigenvalue weighted by molar-refractivity contribution is -0.152. The fourth-order valence-corrected chi connectivity index (χ4v) is 11.8. The van der Waals surface area contributed by atoms with Crippen molar-refractivity contribution >= 4 is 83.2 Å². The number of carbonyl (C=O) groups is 10. The van der Waals surface area contributed by atoms with Gasteiger partial charge < -0.3 is 47.4 Å². The number of ether oxygens (including phenoxy) is 10. The Morgan fingerprint density at radius 2 is 0.830 bits per heavy atom. The zero-order valence-electron chi connectivity index (χ0n) is 49.1. The molecule has 1 aliphatic heterocycles. The summed E-state index contributed by atoms with van der Waals surface area (Å²) in [5.41, 5.74) is 1.29. The average molecular weight is 1250 g/mol. The largest absolute Gasteiger partial charge is 0.465 e. The van der Waals surface area contributed by atoms with Crippen molar-refractivity contribution in [3.05, 3.63) is 106 Å². The average Bonchev–Trinajstić information content (AvgIpc) is 1.64. The topological polar surface area (TPSA) is 311 Å². The van der Waals surface area contributed by atoms with Gasteiger partial charge in [-0.05, 0) is 98.2 Å². The van der Waals surface area contributed by atoms with Gasteiger partial charge in [0.1, 0.15) is 67.1 Å². The minimum absolute atomic E-state index is 0.0488. The molecular formula is C64H68N2O20S2. The number of allylic oxidation sites excluding steroid dienone is 1. The molecule has 88 heavy (non-hydrogen) atoms. The molecule has 0 atom stereocenters. The maximum absolute atomic E-state index is 14.1. The summed E-state index contributed by atoms with van der Waals surface area (Å²) < 4.78 is 53.9. The lowest BCUT2D eigenvalue weighted by Gasteiger charge is -2.29. The molecule has 0 unspecified atom stereocenters. The smallest absolute Gasteiger partial charge is 0.330 e. The van der Waals surface area contributed by atoms with Crippen LogP contribution in [0, 0.1) is 46.3 Å². The Bertz CT molecular complexity index is 3190. The van der Waals surface area contributed by atoms with E-state index in [1.165, 1.54) is 0 Å². The molecule has 2 saturated carbocycles. The summed E-state index contributed by atoms with van der Waals surface area (Å²) in [6.45, 7) is 11.8. The predicted octanol–water partition coefficient (Wildman–Crippen LogP) is 9.35. The van der Waals surface area contributed by atoms with Crippen LogP contribution in [0.3, 0.4) is 0 Å². The first-order valence-electron chi connectivity index (χ1n) is 28.6. The Morgan fingerprint density at radius 1 is 0.489 bits per heavy atom. The highest BCUT2D eigenvalue weighted by Gasteiger charge is 2.39. The van der Waals surface area contributed by atoms with E-state index in [0.29, 0.717) is 95.3 Å². The molecule has 3 aromatic rings. The van der Waals surface area contributed by atoms with E-state index in [4.69, 9.17) is 47.4 Å². The van der Waals surface area contributed by atoms with Crippen molar-refractivity contribution < 1.29 is 95.3 Å². The molecule has 1 heterocycles. The molecule has 2 fully saturated rings. The van der Waals surface area contributed by atoms with Crippen LogP contribution in [0.4, 0.5) is 0 Å². The number of nitriles is 2. The van der Waals surface area contributed by atoms with E-state index in [-0.39, 0.29) is 82.4 Å². The van der Waals surface area contributed by atoms with Gasteiger partial charge in [-0.1, -0.05) is 81.7 Å². The lowest BCUT2D eigenvalue weighted by Crippen LogP contribution is -2.31. The molecule has 3 aliphatic rings. The number of fused-ring (bicyclic) bond motifs is 1. The summed E-state index contributed by atoms with van der Waals surface area (Å²) in [5.74, 6) is -6.80. The van der Waals surface area contributed by atoms with Gasteiger partial charge >= 0.3 is 59.7 Å². The molecule has 24 heteroatoms. The first-order chi connectivity index (χ1) is 42.2. The highest BCUT2D eigenvalue weighted by Crippen LogP contribution is 2.61. The zero-order valence-corrected chi connectivity index (χ0v) is 50.7. The summed E-state index contributed by atoms with van der Waals surface area (Å²) in [7, 11) is 0. The van der Waals surface area contributed by atoms with Crippen LogP contribution in [0.1, 0.15) is 115 Å². The van der Waals surface area contributed by atoms with Gasteiger partial charge in [-0.15, -0.1) is 0 Å². The van der Waals surface area contributed by atoms with Crippen LogP contribution in [0.5, 0.6) is 23.0 Å². The second kappa shape index (κ2) is 34.0. The SMILES string of the molecule is C=CC(=O)OCCOC(=O)CCC(=O)OCCc1ccc(OC(=O)[C@H]2CC[C@H](C(=O)Oc3cc(C(C)(C)C)c(OC(=O)[C@H]4CC[C@H](C(=O)Oc5ccc(CCOC(=O)CCC(=O)OCCOC(=O)C=C)cc5)CC4)c4c3SC(=C(C#N)C#N)S4)CC2)cc1. The van der Waals surface area contributed by atoms with E-state index in [9.17, 15) is 58.5 Å². The summed E-state index contributed by atoms with van der Waals surface area (Å²) in [4.78, 5) is 126. The number of rotatable bonds is 28. The maximum Gasteiger partial charge on any atom is 0.330 e. The van der Waals surface area contributed by atoms with Crippen LogP contribution < -0.4 is 18.9 Å². The van der Waals surface area contributed by atoms with Gasteiger partial charge in [0.2, 0.25) is 0 Å². The van der Waals surface area contributed by atoms with Crippen LogP contribution in [0.15, 0.2) is 99.5 Å². The summed E-state index contributed by atoms with van der Waals surface area (Å²) in [6.07, 6.45) is 4.65. The van der Waals surface area contributed by atoms with Crippen LogP contribution in [0.25, 0.3) is 0 Å². The maximum atomic E-state index is 14.1. The number of hydrogen-bond donors (Lipinski definition) is 0. The molecule has 3 aromatic carbocycles. The first kappa shape index (κ1) is 68.4. The molecule has 0 spiro atoms. The molecule has 0 saturated heterocycles. The third-order valence-electron chi connectivity index (χ3n) is 14.2. The second-order valence-electron chi connectivity index (χ2n) is 21.4. The third-order valence-corrected chi connectivity index (χ3v) is 16.8. The monoisotopic (exact) mass is 1250 g/mol. The number of carbonyl (C=O) groups excluding carboxylic acids is 10. The van der Waals surface area contributed by atoms with E-state index in [2.05, 4.69) is 13.2 Å². The minimum Gasteiger partial charge on any atom is -0.465 e. The molecule has 0 amide bonds. The number of esters is 10. The van der Waals surface area contributed by atoms with Crippen LogP contribution in [0.2, 0.25) is 0 Å². The lowest BCUT2D eigenvalue weighted by atomic mass is 9.82. The van der Waals surface area contributed by atoms with Crippen LogP contribution >= 0.6 is 23.5 Å². The highest BCUT2D eigenvalue weighted by molar-refractivity contribution is 8.24. The molecule has 466 valence electrons. The number of hydrogen-bond acceptors (Lipinski definition) is 24. The second-order valence-corrected chi connectivity index (χ2v) is 23.7. The fraction of sp³-hybridized carbons (Fsp3) is 0.438. The number of benzene rings is 3. The van der Waals surface area contributed by atoms with Crippen LogP contribution in [-0.2, 0) is 94.6 Å². The third kappa shape index (κ3) is 21.3. The van der Waals surface area contributed by atoms with E-state index in [1.807, 2.05) is 32.9 Å². The molecular weight excluding hydrogens is 1180 g/mol. The van der Waals surface area contributed by atoms with Crippen molar-refractivity contribution in [1.82, 2.24) is 0 Å². The molecule has 0 radical (unpaired) electrons.